The van der Waals surface area contributed by atoms with Crippen molar-refractivity contribution in [2.45, 2.75) is 31.5 Å². The molecule has 9 heteroatoms. The highest BCUT2D eigenvalue weighted by atomic mass is 16.7. The molecule has 0 unspecified atom stereocenters. The first kappa shape index (κ1) is 22.8. The number of carbonyl (C=O) groups excluding carboxylic acids is 3. The molecule has 2 aliphatic rings. The van der Waals surface area contributed by atoms with Gasteiger partial charge < -0.3 is 20.1 Å². The van der Waals surface area contributed by atoms with Gasteiger partial charge >= 0.3 is 12.1 Å². The standard InChI is InChI=1S/C24H27N3O6/c1-3-31-23(29)20-12-21(27(2)33-20)26-22(28)13-25-24(30)32-14-19-17-10-6-4-8-15(17)16-9-5-7-11-18(16)19/h4-11,19-21H,3,12-14H2,1-2H3,(H,25,30)(H,26,28)/t20-,21-/m1/s1. The largest absolute Gasteiger partial charge is 0.464 e. The van der Waals surface area contributed by atoms with Crippen LogP contribution in [0.2, 0.25) is 0 Å². The molecule has 0 radical (unpaired) electrons. The highest BCUT2D eigenvalue weighted by molar-refractivity contribution is 5.83. The zero-order valence-corrected chi connectivity index (χ0v) is 18.6. The van der Waals surface area contributed by atoms with E-state index in [4.69, 9.17) is 14.3 Å². The first-order valence-electron chi connectivity index (χ1n) is 10.9. The van der Waals surface area contributed by atoms with E-state index in [0.717, 1.165) is 22.3 Å². The molecule has 2 amide bonds. The molecule has 2 aromatic rings. The summed E-state index contributed by atoms with van der Waals surface area (Å²) < 4.78 is 10.4. The number of carbonyl (C=O) groups is 3. The van der Waals surface area contributed by atoms with E-state index in [9.17, 15) is 14.4 Å². The van der Waals surface area contributed by atoms with Crippen molar-refractivity contribution in [1.29, 1.82) is 0 Å². The van der Waals surface area contributed by atoms with Gasteiger partial charge in [-0.3, -0.25) is 9.63 Å². The van der Waals surface area contributed by atoms with E-state index in [-0.39, 0.29) is 32.1 Å². The number of esters is 1. The monoisotopic (exact) mass is 453 g/mol. The Bertz CT molecular complexity index is 997. The van der Waals surface area contributed by atoms with Crippen LogP contribution in [0.25, 0.3) is 11.1 Å². The number of nitrogens with one attached hydrogen (secondary N) is 2. The van der Waals surface area contributed by atoms with Crippen LogP contribution in [0.3, 0.4) is 0 Å². The third kappa shape index (κ3) is 4.99. The second-order valence-corrected chi connectivity index (χ2v) is 7.89. The number of hydrogen-bond donors (Lipinski definition) is 2. The van der Waals surface area contributed by atoms with Crippen LogP contribution in [-0.4, -0.2) is 62.1 Å². The van der Waals surface area contributed by atoms with Gasteiger partial charge in [0.1, 0.15) is 19.3 Å². The zero-order valence-electron chi connectivity index (χ0n) is 18.6. The molecule has 2 N–H and O–H groups in total. The number of amides is 2. The molecule has 0 aromatic heterocycles. The van der Waals surface area contributed by atoms with Crippen molar-refractivity contribution in [2.24, 2.45) is 0 Å². The smallest absolute Gasteiger partial charge is 0.407 e. The number of rotatable bonds is 7. The van der Waals surface area contributed by atoms with Gasteiger partial charge in [0.25, 0.3) is 0 Å². The molecule has 1 fully saturated rings. The topological polar surface area (TPSA) is 106 Å². The Morgan fingerprint density at radius 2 is 1.67 bits per heavy atom. The average Bonchev–Trinajstić information content (AvgIpc) is 3.34. The minimum absolute atomic E-state index is 0.0546. The maximum atomic E-state index is 12.3. The number of benzene rings is 2. The highest BCUT2D eigenvalue weighted by Gasteiger charge is 2.37. The molecule has 0 saturated carbocycles. The Kier molecular flexibility index (Phi) is 6.90. The molecule has 1 aliphatic carbocycles. The van der Waals surface area contributed by atoms with Gasteiger partial charge in [0.2, 0.25) is 5.91 Å². The van der Waals surface area contributed by atoms with E-state index in [1.807, 2.05) is 36.4 Å². The van der Waals surface area contributed by atoms with Crippen LogP contribution < -0.4 is 10.6 Å². The van der Waals surface area contributed by atoms with Crippen molar-refractivity contribution in [2.75, 3.05) is 26.8 Å². The maximum Gasteiger partial charge on any atom is 0.407 e. The van der Waals surface area contributed by atoms with E-state index < -0.39 is 30.2 Å². The SMILES string of the molecule is CCOC(=O)[C@H]1C[C@H](NC(=O)CNC(=O)OCC2c3ccccc3-c3ccccc32)N(C)O1. The second-order valence-electron chi connectivity index (χ2n) is 7.89. The van der Waals surface area contributed by atoms with Crippen molar-refractivity contribution < 1.29 is 28.7 Å². The molecule has 4 rings (SSSR count). The summed E-state index contributed by atoms with van der Waals surface area (Å²) in [6.45, 7) is 1.88. The molecule has 1 heterocycles. The summed E-state index contributed by atoms with van der Waals surface area (Å²) in [6.07, 6.45) is -1.69. The minimum Gasteiger partial charge on any atom is -0.464 e. The lowest BCUT2D eigenvalue weighted by Gasteiger charge is -2.19. The van der Waals surface area contributed by atoms with Crippen LogP contribution in [0.15, 0.2) is 48.5 Å². The first-order valence-corrected chi connectivity index (χ1v) is 10.9. The van der Waals surface area contributed by atoms with Crippen molar-refractivity contribution in [3.8, 4) is 11.1 Å². The molecular weight excluding hydrogens is 426 g/mol. The first-order chi connectivity index (χ1) is 16.0. The van der Waals surface area contributed by atoms with Gasteiger partial charge in [-0.1, -0.05) is 48.5 Å². The molecule has 9 nitrogen and oxygen atoms in total. The Labute approximate surface area is 191 Å². The van der Waals surface area contributed by atoms with E-state index in [0.29, 0.717) is 0 Å². The lowest BCUT2D eigenvalue weighted by molar-refractivity contribution is -0.182. The maximum absolute atomic E-state index is 12.3. The second kappa shape index (κ2) is 10.0. The van der Waals surface area contributed by atoms with Crippen LogP contribution in [-0.2, 0) is 23.9 Å². The minimum atomic E-state index is -0.768. The Balaban J connectivity index is 1.25. The summed E-state index contributed by atoms with van der Waals surface area (Å²) >= 11 is 0. The van der Waals surface area contributed by atoms with Crippen LogP contribution in [0.4, 0.5) is 4.79 Å². The van der Waals surface area contributed by atoms with Gasteiger partial charge in [-0.2, -0.15) is 5.06 Å². The highest BCUT2D eigenvalue weighted by Crippen LogP contribution is 2.44. The van der Waals surface area contributed by atoms with Crippen LogP contribution in [0.5, 0.6) is 0 Å². The molecule has 174 valence electrons. The predicted octanol–water partition coefficient (Wildman–Crippen LogP) is 2.17. The molecule has 33 heavy (non-hydrogen) atoms. The number of fused-ring (bicyclic) bond motifs is 3. The van der Waals surface area contributed by atoms with Gasteiger partial charge in [-0.05, 0) is 29.2 Å². The summed E-state index contributed by atoms with van der Waals surface area (Å²) in [5.41, 5.74) is 4.52. The molecular formula is C24H27N3O6. The van der Waals surface area contributed by atoms with Gasteiger partial charge in [0, 0.05) is 19.4 Å². The van der Waals surface area contributed by atoms with Gasteiger partial charge in [0.15, 0.2) is 6.10 Å². The molecule has 0 spiro atoms. The Morgan fingerprint density at radius 1 is 1.03 bits per heavy atom. The zero-order chi connectivity index (χ0) is 23.4. The summed E-state index contributed by atoms with van der Waals surface area (Å²) in [5, 5.41) is 6.59. The average molecular weight is 453 g/mol. The number of hydroxylamine groups is 2. The van der Waals surface area contributed by atoms with Crippen molar-refractivity contribution >= 4 is 18.0 Å². The molecule has 0 bridgehead atoms. The third-order valence-electron chi connectivity index (χ3n) is 5.78. The van der Waals surface area contributed by atoms with E-state index in [1.165, 1.54) is 5.06 Å². The molecule has 1 saturated heterocycles. The van der Waals surface area contributed by atoms with E-state index >= 15 is 0 Å². The predicted molar refractivity (Wildman–Crippen MR) is 119 cm³/mol. The number of hydrogen-bond acceptors (Lipinski definition) is 7. The summed E-state index contributed by atoms with van der Waals surface area (Å²) in [7, 11) is 1.61. The molecule has 1 aliphatic heterocycles. The normalized spacial score (nSPS) is 19.5. The lowest BCUT2D eigenvalue weighted by Crippen LogP contribution is -2.46. The number of ether oxygens (including phenoxy) is 2. The van der Waals surface area contributed by atoms with Crippen LogP contribution in [0, 0.1) is 0 Å². The van der Waals surface area contributed by atoms with Crippen molar-refractivity contribution in [3.63, 3.8) is 0 Å². The fourth-order valence-electron chi connectivity index (χ4n) is 4.23. The number of nitrogens with zero attached hydrogens (tertiary/aromatic N) is 1. The lowest BCUT2D eigenvalue weighted by atomic mass is 9.98. The van der Waals surface area contributed by atoms with Gasteiger partial charge in [-0.15, -0.1) is 0 Å². The van der Waals surface area contributed by atoms with Crippen LogP contribution in [0.1, 0.15) is 30.4 Å². The third-order valence-corrected chi connectivity index (χ3v) is 5.78. The van der Waals surface area contributed by atoms with E-state index in [1.54, 1.807) is 14.0 Å². The van der Waals surface area contributed by atoms with Crippen molar-refractivity contribution in [1.82, 2.24) is 15.7 Å². The summed E-state index contributed by atoms with van der Waals surface area (Å²) in [6, 6.07) is 16.1. The summed E-state index contributed by atoms with van der Waals surface area (Å²) in [5.74, 6) is -0.951. The van der Waals surface area contributed by atoms with Crippen LogP contribution >= 0.6 is 0 Å². The van der Waals surface area contributed by atoms with Crippen molar-refractivity contribution in [3.05, 3.63) is 59.7 Å². The Hall–Kier alpha value is -3.43. The van der Waals surface area contributed by atoms with Gasteiger partial charge in [0.05, 0.1) is 6.61 Å². The quantitative estimate of drug-likeness (QED) is 0.619. The molecule has 2 atom stereocenters. The fourth-order valence-corrected chi connectivity index (χ4v) is 4.23. The van der Waals surface area contributed by atoms with E-state index in [2.05, 4.69) is 22.8 Å². The fraction of sp³-hybridized carbons (Fsp3) is 0.375. The van der Waals surface area contributed by atoms with Gasteiger partial charge in [-0.25, -0.2) is 9.59 Å². The number of alkyl carbamates (subject to hydrolysis) is 1. The molecule has 2 aromatic carbocycles. The summed E-state index contributed by atoms with van der Waals surface area (Å²) in [4.78, 5) is 41.7. The Morgan fingerprint density at radius 3 is 2.30 bits per heavy atom.